The van der Waals surface area contributed by atoms with E-state index in [1.165, 1.54) is 22.8 Å². The zero-order chi connectivity index (χ0) is 30.2. The molecule has 43 heavy (non-hydrogen) atoms. The standard InChI is InChI=1S/C31H23BrFN7O3/c1-35-28(41)18-2-9-23(10-3-18)39-29-26(37-22-7-5-21(33)6-8-22)16-36-40(29)27-17-38(13-12-24(27)31(39)43)30(42)19-4-11-25(32)20(14-19)15-34/h2-11,14,16,37H,12-13,17H2,1H3,(H,35,41). The van der Waals surface area contributed by atoms with E-state index >= 15 is 0 Å². The predicted octanol–water partition coefficient (Wildman–Crippen LogP) is 4.56. The molecule has 0 atom stereocenters. The van der Waals surface area contributed by atoms with E-state index in [9.17, 15) is 24.0 Å². The Morgan fingerprint density at radius 3 is 2.47 bits per heavy atom. The highest BCUT2D eigenvalue weighted by molar-refractivity contribution is 9.10. The van der Waals surface area contributed by atoms with Crippen LogP contribution in [0.25, 0.3) is 11.3 Å². The molecule has 0 saturated heterocycles. The van der Waals surface area contributed by atoms with Crippen molar-refractivity contribution in [1.82, 2.24) is 24.4 Å². The van der Waals surface area contributed by atoms with Crippen LogP contribution in [-0.4, -0.2) is 44.5 Å². The number of hydrogen-bond acceptors (Lipinski definition) is 6. The van der Waals surface area contributed by atoms with Crippen LogP contribution in [-0.2, 0) is 13.0 Å². The summed E-state index contributed by atoms with van der Waals surface area (Å²) in [6.07, 6.45) is 1.86. The maximum absolute atomic E-state index is 14.1. The van der Waals surface area contributed by atoms with Gasteiger partial charge in [-0.1, -0.05) is 0 Å². The lowest BCUT2D eigenvalue weighted by atomic mass is 10.0. The van der Waals surface area contributed by atoms with Crippen molar-refractivity contribution in [3.8, 4) is 11.8 Å². The molecule has 0 unspecified atom stereocenters. The molecule has 12 heteroatoms. The van der Waals surface area contributed by atoms with Gasteiger partial charge in [0.15, 0.2) is 5.65 Å². The molecule has 6 rings (SSSR count). The number of hydrogen-bond donors (Lipinski definition) is 2. The minimum atomic E-state index is -0.384. The average Bonchev–Trinajstić information content (AvgIpc) is 3.45. The molecule has 0 radical (unpaired) electrons. The van der Waals surface area contributed by atoms with Gasteiger partial charge in [-0.15, -0.1) is 0 Å². The van der Waals surface area contributed by atoms with E-state index in [1.54, 1.807) is 71.2 Å². The Bertz CT molecular complexity index is 2010. The highest BCUT2D eigenvalue weighted by atomic mass is 79.9. The molecule has 0 spiro atoms. The van der Waals surface area contributed by atoms with E-state index in [-0.39, 0.29) is 36.2 Å². The predicted molar refractivity (Wildman–Crippen MR) is 161 cm³/mol. The monoisotopic (exact) mass is 639 g/mol. The van der Waals surface area contributed by atoms with Gasteiger partial charge in [-0.25, -0.2) is 8.91 Å². The third-order valence-corrected chi connectivity index (χ3v) is 8.04. The average molecular weight is 640 g/mol. The second-order valence-electron chi connectivity index (χ2n) is 9.90. The van der Waals surface area contributed by atoms with Gasteiger partial charge < -0.3 is 15.5 Å². The van der Waals surface area contributed by atoms with Crippen LogP contribution < -0.4 is 16.2 Å². The van der Waals surface area contributed by atoms with Crippen molar-refractivity contribution in [1.29, 1.82) is 5.26 Å². The Hall–Kier alpha value is -5.28. The quantitative estimate of drug-likeness (QED) is 0.291. The Morgan fingerprint density at radius 1 is 1.05 bits per heavy atom. The molecule has 2 aromatic heterocycles. The van der Waals surface area contributed by atoms with E-state index in [0.29, 0.717) is 61.7 Å². The topological polar surface area (TPSA) is 125 Å². The van der Waals surface area contributed by atoms with Crippen LogP contribution in [0.4, 0.5) is 15.8 Å². The second kappa shape index (κ2) is 11.2. The number of fused-ring (bicyclic) bond motifs is 3. The van der Waals surface area contributed by atoms with Gasteiger partial charge in [-0.3, -0.25) is 19.0 Å². The zero-order valence-corrected chi connectivity index (χ0v) is 24.4. The van der Waals surface area contributed by atoms with Crippen LogP contribution in [0.15, 0.2) is 82.2 Å². The number of benzene rings is 3. The lowest BCUT2D eigenvalue weighted by Gasteiger charge is -2.29. The fraction of sp³-hybridized carbons (Fsp3) is 0.129. The molecule has 1 aliphatic heterocycles. The molecule has 2 amide bonds. The van der Waals surface area contributed by atoms with E-state index < -0.39 is 0 Å². The van der Waals surface area contributed by atoms with Crippen molar-refractivity contribution in [3.63, 3.8) is 0 Å². The first-order chi connectivity index (χ1) is 20.8. The third-order valence-electron chi connectivity index (χ3n) is 7.35. The van der Waals surface area contributed by atoms with Crippen LogP contribution in [0, 0.1) is 17.1 Å². The fourth-order valence-corrected chi connectivity index (χ4v) is 5.52. The number of carbonyl (C=O) groups excluding carboxylic acids is 2. The van der Waals surface area contributed by atoms with E-state index in [4.69, 9.17) is 0 Å². The number of nitriles is 1. The van der Waals surface area contributed by atoms with Crippen molar-refractivity contribution in [2.45, 2.75) is 13.0 Å². The summed E-state index contributed by atoms with van der Waals surface area (Å²) in [7, 11) is 1.54. The summed E-state index contributed by atoms with van der Waals surface area (Å²) in [6.45, 7) is 0.411. The molecule has 2 N–H and O–H groups in total. The van der Waals surface area contributed by atoms with Crippen LogP contribution >= 0.6 is 15.9 Å². The van der Waals surface area contributed by atoms with Crippen molar-refractivity contribution < 1.29 is 14.0 Å². The van der Waals surface area contributed by atoms with Crippen LogP contribution in [0.2, 0.25) is 0 Å². The lowest BCUT2D eigenvalue weighted by molar-refractivity contribution is 0.0729. The highest BCUT2D eigenvalue weighted by Crippen LogP contribution is 2.28. The Labute approximate surface area is 253 Å². The van der Waals surface area contributed by atoms with Crippen molar-refractivity contribution in [2.24, 2.45) is 0 Å². The smallest absolute Gasteiger partial charge is 0.261 e. The molecule has 0 aliphatic carbocycles. The number of nitrogens with one attached hydrogen (secondary N) is 2. The number of halogens is 2. The molecular weight excluding hydrogens is 617 g/mol. The summed E-state index contributed by atoms with van der Waals surface area (Å²) in [4.78, 5) is 41.4. The molecule has 0 saturated carbocycles. The van der Waals surface area contributed by atoms with E-state index in [2.05, 4.69) is 37.7 Å². The maximum atomic E-state index is 14.1. The number of carbonyl (C=O) groups is 2. The normalized spacial score (nSPS) is 12.5. The van der Waals surface area contributed by atoms with E-state index in [0.717, 1.165) is 0 Å². The van der Waals surface area contributed by atoms with Crippen LogP contribution in [0.5, 0.6) is 0 Å². The van der Waals surface area contributed by atoms with E-state index in [1.807, 2.05) is 0 Å². The third kappa shape index (κ3) is 5.04. The van der Waals surface area contributed by atoms with Crippen molar-refractivity contribution in [2.75, 3.05) is 18.9 Å². The molecule has 5 aromatic rings. The van der Waals surface area contributed by atoms with Crippen LogP contribution in [0.3, 0.4) is 0 Å². The van der Waals surface area contributed by atoms with Gasteiger partial charge >= 0.3 is 0 Å². The number of anilines is 2. The maximum Gasteiger partial charge on any atom is 0.261 e. The molecule has 10 nitrogen and oxygen atoms in total. The van der Waals surface area contributed by atoms with Crippen molar-refractivity contribution in [3.05, 3.63) is 122 Å². The zero-order valence-electron chi connectivity index (χ0n) is 22.8. The van der Waals surface area contributed by atoms with Gasteiger partial charge in [0.2, 0.25) is 0 Å². The molecule has 0 fully saturated rings. The first-order valence-electron chi connectivity index (χ1n) is 13.3. The minimum Gasteiger partial charge on any atom is -0.355 e. The molecule has 1 aliphatic rings. The van der Waals surface area contributed by atoms with Gasteiger partial charge in [0.25, 0.3) is 17.4 Å². The fourth-order valence-electron chi connectivity index (χ4n) is 5.18. The van der Waals surface area contributed by atoms with Gasteiger partial charge in [-0.2, -0.15) is 10.4 Å². The Balaban J connectivity index is 1.48. The summed E-state index contributed by atoms with van der Waals surface area (Å²) in [5.41, 5.74) is 3.94. The Morgan fingerprint density at radius 2 is 1.77 bits per heavy atom. The lowest BCUT2D eigenvalue weighted by Crippen LogP contribution is -2.41. The summed E-state index contributed by atoms with van der Waals surface area (Å²) in [6, 6.07) is 19.4. The van der Waals surface area contributed by atoms with Gasteiger partial charge in [0, 0.05) is 40.4 Å². The number of rotatable bonds is 5. The molecule has 3 heterocycles. The summed E-state index contributed by atoms with van der Waals surface area (Å²) >= 11 is 3.32. The Kier molecular flexibility index (Phi) is 7.25. The minimum absolute atomic E-state index is 0.117. The first-order valence-corrected chi connectivity index (χ1v) is 14.1. The highest BCUT2D eigenvalue weighted by Gasteiger charge is 2.29. The molecule has 214 valence electrons. The molecule has 3 aromatic carbocycles. The van der Waals surface area contributed by atoms with Crippen LogP contribution in [0.1, 0.15) is 37.5 Å². The summed E-state index contributed by atoms with van der Waals surface area (Å²) in [5.74, 6) is -0.909. The summed E-state index contributed by atoms with van der Waals surface area (Å²) < 4.78 is 17.3. The molecule has 0 bridgehead atoms. The largest absolute Gasteiger partial charge is 0.355 e. The van der Waals surface area contributed by atoms with Crippen molar-refractivity contribution >= 4 is 44.8 Å². The SMILES string of the molecule is CNC(=O)c1ccc(-n2c(=O)c3c(n4ncc(Nc5ccc(F)cc5)c24)CN(C(=O)c2ccc(Br)c(C#N)c2)CC3)cc1. The second-order valence-corrected chi connectivity index (χ2v) is 10.8. The first kappa shape index (κ1) is 27.9. The molecular formula is C31H23BrFN7O3. The van der Waals surface area contributed by atoms with Gasteiger partial charge in [-0.05, 0) is 89.1 Å². The van der Waals surface area contributed by atoms with Gasteiger partial charge in [0.1, 0.15) is 17.6 Å². The number of aromatic nitrogens is 3. The van der Waals surface area contributed by atoms with Gasteiger partial charge in [0.05, 0.1) is 29.7 Å². The number of nitrogens with zero attached hydrogens (tertiary/aromatic N) is 5. The summed E-state index contributed by atoms with van der Waals surface area (Å²) in [5, 5.41) is 19.8. The number of amides is 2.